The number of hydrogen-bond donors (Lipinski definition) is 3. The smallest absolute Gasteiger partial charge is 0.345 e. The van der Waals surface area contributed by atoms with Crippen LogP contribution >= 0.6 is 0 Å². The topological polar surface area (TPSA) is 104 Å². The van der Waals surface area contributed by atoms with Gasteiger partial charge in [0.25, 0.3) is 0 Å². The number of rotatable bonds is 4. The minimum atomic E-state index is -1.75. The summed E-state index contributed by atoms with van der Waals surface area (Å²) in [6.45, 7) is 1.62. The van der Waals surface area contributed by atoms with E-state index in [0.717, 1.165) is 0 Å². The molecule has 6 nitrogen and oxygen atoms in total. The maximum atomic E-state index is 10.7. The van der Waals surface area contributed by atoms with Crippen molar-refractivity contribution >= 4 is 11.9 Å². The highest BCUT2D eigenvalue weighted by molar-refractivity contribution is 5.96. The zero-order valence-corrected chi connectivity index (χ0v) is 6.77. The maximum Gasteiger partial charge on any atom is 0.345 e. The molecular formula is C7H10O6. The van der Waals surface area contributed by atoms with Crippen LogP contribution in [0.3, 0.4) is 0 Å². The third-order valence-electron chi connectivity index (χ3n) is 1.12. The van der Waals surface area contributed by atoms with Gasteiger partial charge in [0.1, 0.15) is 0 Å². The number of aliphatic hydroxyl groups is 3. The summed E-state index contributed by atoms with van der Waals surface area (Å²) in [6.07, 6.45) is -1.75. The summed E-state index contributed by atoms with van der Waals surface area (Å²) in [6, 6.07) is 0. The van der Waals surface area contributed by atoms with Crippen molar-refractivity contribution in [1.82, 2.24) is 0 Å². The normalized spacial score (nSPS) is 11.9. The van der Waals surface area contributed by atoms with Crippen LogP contribution in [-0.4, -0.2) is 46.6 Å². The third-order valence-corrected chi connectivity index (χ3v) is 1.12. The summed E-state index contributed by atoms with van der Waals surface area (Å²) in [5, 5.41) is 25.3. The number of carbonyl (C=O) groups is 2. The molecule has 0 saturated heterocycles. The zero-order chi connectivity index (χ0) is 10.4. The Balaban J connectivity index is 4.07. The van der Waals surface area contributed by atoms with Crippen LogP contribution in [0, 0.1) is 0 Å². The van der Waals surface area contributed by atoms with Gasteiger partial charge in [-0.15, -0.1) is 0 Å². The van der Waals surface area contributed by atoms with Crippen molar-refractivity contribution in [2.75, 3.05) is 13.2 Å². The van der Waals surface area contributed by atoms with Gasteiger partial charge in [-0.05, 0) is 0 Å². The highest BCUT2D eigenvalue weighted by atomic mass is 16.6. The quantitative estimate of drug-likeness (QED) is 0.268. The molecule has 0 aromatic heterocycles. The first-order valence-corrected chi connectivity index (χ1v) is 3.36. The number of esters is 2. The molecule has 0 fully saturated rings. The molecule has 3 N–H and O–H groups in total. The molecule has 6 heteroatoms. The summed E-state index contributed by atoms with van der Waals surface area (Å²) in [5.74, 6) is -2.40. The van der Waals surface area contributed by atoms with Crippen molar-refractivity contribution in [2.45, 2.75) is 6.10 Å². The van der Waals surface area contributed by atoms with E-state index in [0.29, 0.717) is 0 Å². The van der Waals surface area contributed by atoms with Crippen molar-refractivity contribution in [3.05, 3.63) is 12.2 Å². The summed E-state index contributed by atoms with van der Waals surface area (Å²) in [7, 11) is 0. The minimum absolute atomic E-state index is 0.307. The fourth-order valence-electron chi connectivity index (χ4n) is 0.371. The number of carbonyl (C=O) groups excluding carboxylic acids is 2. The predicted molar refractivity (Wildman–Crippen MR) is 40.4 cm³/mol. The Hall–Kier alpha value is -1.24. The van der Waals surface area contributed by atoms with E-state index in [-0.39, 0.29) is 5.57 Å². The number of aliphatic hydroxyl groups excluding tert-OH is 3. The van der Waals surface area contributed by atoms with Crippen LogP contribution in [0.25, 0.3) is 0 Å². The molecule has 0 bridgehead atoms. The van der Waals surface area contributed by atoms with Crippen molar-refractivity contribution in [3.8, 4) is 0 Å². The summed E-state index contributed by atoms with van der Waals surface area (Å²) in [4.78, 5) is 21.3. The summed E-state index contributed by atoms with van der Waals surface area (Å²) >= 11 is 0. The van der Waals surface area contributed by atoms with E-state index in [9.17, 15) is 9.59 Å². The molecular weight excluding hydrogens is 180 g/mol. The van der Waals surface area contributed by atoms with Gasteiger partial charge in [-0.3, -0.25) is 0 Å². The van der Waals surface area contributed by atoms with E-state index in [1.165, 1.54) is 0 Å². The van der Waals surface area contributed by atoms with E-state index in [2.05, 4.69) is 11.3 Å². The van der Waals surface area contributed by atoms with Gasteiger partial charge in [-0.1, -0.05) is 6.58 Å². The maximum absolute atomic E-state index is 10.7. The van der Waals surface area contributed by atoms with Crippen LogP contribution in [-0.2, 0) is 14.3 Å². The molecule has 0 aromatic carbocycles. The third kappa shape index (κ3) is 3.79. The second kappa shape index (κ2) is 5.41. The summed E-state index contributed by atoms with van der Waals surface area (Å²) in [5.41, 5.74) is -0.307. The molecule has 0 amide bonds. The molecule has 0 radical (unpaired) electrons. The van der Waals surface area contributed by atoms with E-state index in [1.54, 1.807) is 0 Å². The average molecular weight is 190 g/mol. The van der Waals surface area contributed by atoms with Crippen LogP contribution in [0.1, 0.15) is 0 Å². The lowest BCUT2D eigenvalue weighted by atomic mass is 10.3. The predicted octanol–water partition coefficient (Wildman–Crippen LogP) is -2.04. The van der Waals surface area contributed by atoms with E-state index in [4.69, 9.17) is 15.3 Å². The Bertz CT molecular complexity index is 221. The van der Waals surface area contributed by atoms with E-state index in [1.807, 2.05) is 0 Å². The lowest BCUT2D eigenvalue weighted by molar-refractivity contribution is -0.165. The van der Waals surface area contributed by atoms with Gasteiger partial charge < -0.3 is 20.1 Å². The largest absolute Gasteiger partial charge is 0.393 e. The lowest BCUT2D eigenvalue weighted by Gasteiger charge is -2.06. The van der Waals surface area contributed by atoms with Gasteiger partial charge in [0.05, 0.1) is 18.8 Å². The van der Waals surface area contributed by atoms with Crippen LogP contribution < -0.4 is 0 Å². The van der Waals surface area contributed by atoms with E-state index >= 15 is 0 Å². The SMILES string of the molecule is C=C(CO)C(=O)OC(=O)C(O)CO. The van der Waals surface area contributed by atoms with Crippen molar-refractivity contribution in [3.63, 3.8) is 0 Å². The Morgan fingerprint density at radius 3 is 2.31 bits per heavy atom. The van der Waals surface area contributed by atoms with Crippen LogP contribution in [0.2, 0.25) is 0 Å². The molecule has 0 saturated carbocycles. The fourth-order valence-corrected chi connectivity index (χ4v) is 0.371. The van der Waals surface area contributed by atoms with E-state index < -0.39 is 31.3 Å². The molecule has 0 heterocycles. The summed E-state index contributed by atoms with van der Waals surface area (Å²) < 4.78 is 4.01. The first-order chi connectivity index (χ1) is 6.02. The van der Waals surface area contributed by atoms with Gasteiger partial charge in [-0.25, -0.2) is 9.59 Å². The number of ether oxygens (including phenoxy) is 1. The Morgan fingerprint density at radius 1 is 1.38 bits per heavy atom. The molecule has 0 aliphatic heterocycles. The minimum Gasteiger partial charge on any atom is -0.393 e. The molecule has 0 aromatic rings. The highest BCUT2D eigenvalue weighted by Gasteiger charge is 2.20. The zero-order valence-electron chi connectivity index (χ0n) is 6.77. The van der Waals surface area contributed by atoms with Crippen LogP contribution in [0.5, 0.6) is 0 Å². The Morgan fingerprint density at radius 2 is 1.92 bits per heavy atom. The van der Waals surface area contributed by atoms with Gasteiger partial charge in [0, 0.05) is 0 Å². The van der Waals surface area contributed by atoms with Crippen molar-refractivity contribution in [1.29, 1.82) is 0 Å². The highest BCUT2D eigenvalue weighted by Crippen LogP contribution is 1.95. The molecule has 1 unspecified atom stereocenters. The average Bonchev–Trinajstić information content (AvgIpc) is 2.14. The van der Waals surface area contributed by atoms with Gasteiger partial charge >= 0.3 is 11.9 Å². The molecule has 1 atom stereocenters. The first kappa shape index (κ1) is 11.8. The Labute approximate surface area is 74.1 Å². The molecule has 0 spiro atoms. The monoisotopic (exact) mass is 190 g/mol. The van der Waals surface area contributed by atoms with Gasteiger partial charge in [0.2, 0.25) is 0 Å². The molecule has 0 aliphatic rings. The first-order valence-electron chi connectivity index (χ1n) is 3.36. The van der Waals surface area contributed by atoms with Crippen LogP contribution in [0.4, 0.5) is 0 Å². The van der Waals surface area contributed by atoms with Gasteiger partial charge in [0.15, 0.2) is 6.10 Å². The van der Waals surface area contributed by atoms with Crippen molar-refractivity contribution in [2.24, 2.45) is 0 Å². The lowest BCUT2D eigenvalue weighted by Crippen LogP contribution is -2.29. The second-order valence-corrected chi connectivity index (χ2v) is 2.17. The molecule has 0 aliphatic carbocycles. The van der Waals surface area contributed by atoms with Crippen molar-refractivity contribution < 1.29 is 29.6 Å². The molecule has 0 rings (SSSR count). The van der Waals surface area contributed by atoms with Crippen LogP contribution in [0.15, 0.2) is 12.2 Å². The molecule has 74 valence electrons. The fraction of sp³-hybridized carbons (Fsp3) is 0.429. The molecule has 13 heavy (non-hydrogen) atoms. The standard InChI is InChI=1S/C7H10O6/c1-4(2-8)6(11)13-7(12)5(10)3-9/h5,8-10H,1-3H2. The second-order valence-electron chi connectivity index (χ2n) is 2.17. The Kier molecular flexibility index (Phi) is 4.90. The van der Waals surface area contributed by atoms with Gasteiger partial charge in [-0.2, -0.15) is 0 Å². The number of hydrogen-bond acceptors (Lipinski definition) is 6.